The van der Waals surface area contributed by atoms with E-state index < -0.39 is 15.6 Å². The van der Waals surface area contributed by atoms with Crippen molar-refractivity contribution >= 4 is 15.8 Å². The Morgan fingerprint density at radius 1 is 1.31 bits per heavy atom. The number of aliphatic imine (C=N–C) groups is 1. The molecule has 0 amide bonds. The van der Waals surface area contributed by atoms with Crippen LogP contribution in [0.3, 0.4) is 0 Å². The van der Waals surface area contributed by atoms with Crippen molar-refractivity contribution in [2.24, 2.45) is 16.8 Å². The second kappa shape index (κ2) is 8.44. The highest BCUT2D eigenvalue weighted by atomic mass is 32.2. The molecule has 3 aliphatic rings. The minimum Gasteiger partial charge on any atom is -0.356 e. The monoisotopic (exact) mass is 387 g/mol. The molecular weight excluding hydrogens is 354 g/mol. The lowest BCUT2D eigenvalue weighted by molar-refractivity contribution is -0.189. The zero-order chi connectivity index (χ0) is 18.6. The van der Waals surface area contributed by atoms with E-state index in [0.29, 0.717) is 31.4 Å². The van der Waals surface area contributed by atoms with E-state index in [0.717, 1.165) is 51.3 Å². The van der Waals surface area contributed by atoms with E-state index in [1.54, 1.807) is 0 Å². The summed E-state index contributed by atoms with van der Waals surface area (Å²) in [6.07, 6.45) is 3.93. The summed E-state index contributed by atoms with van der Waals surface area (Å²) in [7, 11) is -2.85. The number of rotatable bonds is 5. The third-order valence-corrected chi connectivity index (χ3v) is 7.52. The molecule has 0 aromatic heterocycles. The fourth-order valence-electron chi connectivity index (χ4n) is 4.10. The van der Waals surface area contributed by atoms with E-state index in [1.165, 1.54) is 0 Å². The fourth-order valence-corrected chi connectivity index (χ4v) is 5.95. The van der Waals surface area contributed by atoms with Crippen molar-refractivity contribution in [1.29, 1.82) is 0 Å². The van der Waals surface area contributed by atoms with E-state index >= 15 is 0 Å². The molecule has 0 spiro atoms. The van der Waals surface area contributed by atoms with Crippen LogP contribution in [0.15, 0.2) is 4.99 Å². The van der Waals surface area contributed by atoms with Gasteiger partial charge in [-0.3, -0.25) is 4.99 Å². The molecule has 3 rings (SSSR count). The van der Waals surface area contributed by atoms with Crippen LogP contribution in [-0.2, 0) is 19.3 Å². The highest BCUT2D eigenvalue weighted by Crippen LogP contribution is 2.34. The predicted molar refractivity (Wildman–Crippen MR) is 102 cm³/mol. The van der Waals surface area contributed by atoms with Crippen LogP contribution in [0.5, 0.6) is 0 Å². The van der Waals surface area contributed by atoms with Gasteiger partial charge in [-0.15, -0.1) is 0 Å². The number of likely N-dealkylation sites (tertiary alicyclic amines) is 1. The average molecular weight is 388 g/mol. The molecule has 150 valence electrons. The average Bonchev–Trinajstić information content (AvgIpc) is 3.21. The van der Waals surface area contributed by atoms with Crippen molar-refractivity contribution < 1.29 is 17.9 Å². The quantitative estimate of drug-likeness (QED) is 0.565. The first-order valence-electron chi connectivity index (χ1n) is 9.93. The van der Waals surface area contributed by atoms with Gasteiger partial charge in [-0.05, 0) is 38.5 Å². The van der Waals surface area contributed by atoms with E-state index in [1.807, 2.05) is 6.92 Å². The number of hydrogen-bond donors (Lipinski definition) is 1. The topological polar surface area (TPSA) is 80.2 Å². The lowest BCUT2D eigenvalue weighted by Crippen LogP contribution is -2.52. The van der Waals surface area contributed by atoms with Crippen LogP contribution in [-0.4, -0.2) is 76.0 Å². The number of guanidine groups is 1. The normalized spacial score (nSPS) is 31.3. The van der Waals surface area contributed by atoms with Crippen molar-refractivity contribution in [3.8, 4) is 0 Å². The standard InChI is InChI=1S/C18H33N3O4S/c1-3-7-19-17(20-12-15-6-11-26(22,23)14-15)21-8-4-5-16(13-21)18(2)24-9-10-25-18/h15-16H,3-14H2,1-2H3,(H,19,20). The third-order valence-electron chi connectivity index (χ3n) is 5.68. The largest absolute Gasteiger partial charge is 0.356 e. The molecule has 7 nitrogen and oxygen atoms in total. The summed E-state index contributed by atoms with van der Waals surface area (Å²) < 4.78 is 35.1. The summed E-state index contributed by atoms with van der Waals surface area (Å²) in [6.45, 7) is 8.78. The van der Waals surface area contributed by atoms with Crippen LogP contribution >= 0.6 is 0 Å². The third kappa shape index (κ3) is 4.89. The Balaban J connectivity index is 1.65. The molecular formula is C18H33N3O4S. The van der Waals surface area contributed by atoms with Crippen LogP contribution in [0, 0.1) is 11.8 Å². The van der Waals surface area contributed by atoms with E-state index in [2.05, 4.69) is 17.1 Å². The molecule has 0 aromatic rings. The minimum atomic E-state index is -2.85. The van der Waals surface area contributed by atoms with Crippen molar-refractivity contribution in [2.45, 2.75) is 45.3 Å². The Bertz CT molecular complexity index is 602. The molecule has 2 unspecified atom stereocenters. The van der Waals surface area contributed by atoms with Crippen LogP contribution in [0.25, 0.3) is 0 Å². The van der Waals surface area contributed by atoms with Gasteiger partial charge >= 0.3 is 0 Å². The number of sulfone groups is 1. The van der Waals surface area contributed by atoms with Gasteiger partial charge in [0.2, 0.25) is 0 Å². The molecule has 0 saturated carbocycles. The van der Waals surface area contributed by atoms with Crippen LogP contribution in [0.4, 0.5) is 0 Å². The molecule has 3 saturated heterocycles. The molecule has 3 heterocycles. The Kier molecular flexibility index (Phi) is 6.45. The molecule has 3 fully saturated rings. The number of hydrogen-bond acceptors (Lipinski definition) is 5. The fraction of sp³-hybridized carbons (Fsp3) is 0.944. The molecule has 2 atom stereocenters. The van der Waals surface area contributed by atoms with Gasteiger partial charge in [-0.1, -0.05) is 6.92 Å². The van der Waals surface area contributed by atoms with E-state index in [9.17, 15) is 8.42 Å². The highest BCUT2D eigenvalue weighted by Gasteiger charge is 2.42. The maximum absolute atomic E-state index is 11.7. The molecule has 1 N–H and O–H groups in total. The molecule has 0 radical (unpaired) electrons. The van der Waals surface area contributed by atoms with Gasteiger partial charge in [0.15, 0.2) is 21.6 Å². The van der Waals surface area contributed by atoms with Crippen molar-refractivity contribution in [3.63, 3.8) is 0 Å². The Morgan fingerprint density at radius 2 is 2.08 bits per heavy atom. The summed E-state index contributed by atoms with van der Waals surface area (Å²) in [6, 6.07) is 0. The number of ether oxygens (including phenoxy) is 2. The van der Waals surface area contributed by atoms with Gasteiger partial charge in [0.05, 0.1) is 24.7 Å². The Morgan fingerprint density at radius 3 is 2.73 bits per heavy atom. The van der Waals surface area contributed by atoms with Crippen LogP contribution in [0.2, 0.25) is 0 Å². The maximum Gasteiger partial charge on any atom is 0.193 e. The lowest BCUT2D eigenvalue weighted by atomic mass is 9.90. The minimum absolute atomic E-state index is 0.151. The van der Waals surface area contributed by atoms with Gasteiger partial charge in [-0.2, -0.15) is 0 Å². The molecule has 0 aliphatic carbocycles. The van der Waals surface area contributed by atoms with Gasteiger partial charge in [0.1, 0.15) is 0 Å². The summed E-state index contributed by atoms with van der Waals surface area (Å²) in [5.41, 5.74) is 0. The summed E-state index contributed by atoms with van der Waals surface area (Å²) in [4.78, 5) is 7.10. The molecule has 0 bridgehead atoms. The Labute approximate surface area is 157 Å². The maximum atomic E-state index is 11.7. The van der Waals surface area contributed by atoms with Gasteiger partial charge in [0, 0.05) is 32.1 Å². The zero-order valence-corrected chi connectivity index (χ0v) is 16.9. The van der Waals surface area contributed by atoms with E-state index in [-0.39, 0.29) is 11.7 Å². The SMILES string of the molecule is CCCNC(=NCC1CCS(=O)(=O)C1)N1CCCC(C2(C)OCCO2)C1. The summed E-state index contributed by atoms with van der Waals surface area (Å²) >= 11 is 0. The molecule has 0 aromatic carbocycles. The Hall–Kier alpha value is -0.860. The zero-order valence-electron chi connectivity index (χ0n) is 16.1. The molecule has 8 heteroatoms. The van der Waals surface area contributed by atoms with Crippen molar-refractivity contribution in [3.05, 3.63) is 0 Å². The number of piperidine rings is 1. The molecule has 26 heavy (non-hydrogen) atoms. The number of nitrogens with one attached hydrogen (secondary N) is 1. The first-order valence-corrected chi connectivity index (χ1v) is 11.8. The van der Waals surface area contributed by atoms with Crippen molar-refractivity contribution in [1.82, 2.24) is 10.2 Å². The second-order valence-electron chi connectivity index (χ2n) is 7.86. The smallest absolute Gasteiger partial charge is 0.193 e. The van der Waals surface area contributed by atoms with Gasteiger partial charge < -0.3 is 19.7 Å². The number of nitrogens with zero attached hydrogens (tertiary/aromatic N) is 2. The lowest BCUT2D eigenvalue weighted by Gasteiger charge is -2.41. The van der Waals surface area contributed by atoms with Crippen molar-refractivity contribution in [2.75, 3.05) is 50.9 Å². The van der Waals surface area contributed by atoms with Crippen LogP contribution < -0.4 is 5.32 Å². The first-order chi connectivity index (χ1) is 12.4. The van der Waals surface area contributed by atoms with Crippen LogP contribution in [0.1, 0.15) is 39.5 Å². The summed E-state index contributed by atoms with van der Waals surface area (Å²) in [5.74, 6) is 1.47. The first kappa shape index (κ1) is 19.9. The highest BCUT2D eigenvalue weighted by molar-refractivity contribution is 7.91. The summed E-state index contributed by atoms with van der Waals surface area (Å²) in [5, 5.41) is 3.45. The van der Waals surface area contributed by atoms with E-state index in [4.69, 9.17) is 14.5 Å². The predicted octanol–water partition coefficient (Wildman–Crippen LogP) is 1.25. The molecule has 3 aliphatic heterocycles. The van der Waals surface area contributed by atoms with Gasteiger partial charge in [-0.25, -0.2) is 8.42 Å². The second-order valence-corrected chi connectivity index (χ2v) is 10.1. The van der Waals surface area contributed by atoms with Gasteiger partial charge in [0.25, 0.3) is 0 Å².